The molecule has 0 aliphatic rings. The molecule has 0 aliphatic carbocycles. The monoisotopic (exact) mass is 295 g/mol. The van der Waals surface area contributed by atoms with Crippen molar-refractivity contribution in [3.63, 3.8) is 0 Å². The molecule has 17 heavy (non-hydrogen) atoms. The van der Waals surface area contributed by atoms with E-state index in [1.54, 1.807) is 32.0 Å². The molecule has 0 saturated carbocycles. The number of nitrogens with one attached hydrogen (secondary N) is 1. The van der Waals surface area contributed by atoms with Gasteiger partial charge < -0.3 is 11.1 Å². The Labute approximate surface area is 109 Å². The SMILES string of the molecule is CC(C)(CN)C(=O)Nc1ccc(Br)cc1C#N. The van der Waals surface area contributed by atoms with Gasteiger partial charge >= 0.3 is 0 Å². The summed E-state index contributed by atoms with van der Waals surface area (Å²) < 4.78 is 0.796. The molecular formula is C12H14BrN3O. The van der Waals surface area contributed by atoms with Gasteiger partial charge in [0.2, 0.25) is 5.91 Å². The lowest BCUT2D eigenvalue weighted by molar-refractivity contribution is -0.123. The number of anilines is 1. The van der Waals surface area contributed by atoms with E-state index in [0.29, 0.717) is 11.3 Å². The van der Waals surface area contributed by atoms with Gasteiger partial charge in [-0.15, -0.1) is 0 Å². The summed E-state index contributed by atoms with van der Waals surface area (Å²) in [6.07, 6.45) is 0. The average molecular weight is 296 g/mol. The Morgan fingerprint density at radius 1 is 1.59 bits per heavy atom. The zero-order valence-corrected chi connectivity index (χ0v) is 11.3. The number of halogens is 1. The second-order valence-electron chi connectivity index (χ2n) is 4.34. The van der Waals surface area contributed by atoms with E-state index in [9.17, 15) is 4.79 Å². The lowest BCUT2D eigenvalue weighted by Crippen LogP contribution is -2.37. The zero-order chi connectivity index (χ0) is 13.1. The third kappa shape index (κ3) is 3.29. The molecule has 1 amide bonds. The Hall–Kier alpha value is -1.38. The molecule has 0 aromatic heterocycles. The lowest BCUT2D eigenvalue weighted by atomic mass is 9.92. The van der Waals surface area contributed by atoms with Crippen LogP contribution in [-0.2, 0) is 4.79 Å². The van der Waals surface area contributed by atoms with E-state index in [0.717, 1.165) is 4.47 Å². The smallest absolute Gasteiger partial charge is 0.231 e. The Bertz CT molecular complexity index is 477. The Kier molecular flexibility index (Phi) is 4.27. The largest absolute Gasteiger partial charge is 0.329 e. The molecule has 0 fully saturated rings. The van der Waals surface area contributed by atoms with Crippen LogP contribution in [0.25, 0.3) is 0 Å². The maximum absolute atomic E-state index is 11.9. The van der Waals surface area contributed by atoms with Gasteiger partial charge in [-0.25, -0.2) is 0 Å². The molecule has 1 aromatic carbocycles. The fraction of sp³-hybridized carbons (Fsp3) is 0.333. The summed E-state index contributed by atoms with van der Waals surface area (Å²) in [5, 5.41) is 11.7. The molecule has 0 unspecified atom stereocenters. The van der Waals surface area contributed by atoms with Crippen LogP contribution >= 0.6 is 15.9 Å². The van der Waals surface area contributed by atoms with Crippen molar-refractivity contribution in [2.45, 2.75) is 13.8 Å². The summed E-state index contributed by atoms with van der Waals surface area (Å²) in [7, 11) is 0. The highest BCUT2D eigenvalue weighted by atomic mass is 79.9. The van der Waals surface area contributed by atoms with E-state index in [-0.39, 0.29) is 12.5 Å². The molecule has 3 N–H and O–H groups in total. The van der Waals surface area contributed by atoms with Crippen LogP contribution in [-0.4, -0.2) is 12.5 Å². The van der Waals surface area contributed by atoms with Gasteiger partial charge in [-0.1, -0.05) is 15.9 Å². The fourth-order valence-corrected chi connectivity index (χ4v) is 1.46. The van der Waals surface area contributed by atoms with Crippen LogP contribution in [0.5, 0.6) is 0 Å². The molecule has 5 heteroatoms. The Morgan fingerprint density at radius 2 is 2.24 bits per heavy atom. The first kappa shape index (κ1) is 13.7. The Balaban J connectivity index is 2.97. The van der Waals surface area contributed by atoms with E-state index in [1.165, 1.54) is 0 Å². The predicted molar refractivity (Wildman–Crippen MR) is 70.3 cm³/mol. The van der Waals surface area contributed by atoms with Crippen molar-refractivity contribution in [2.24, 2.45) is 11.1 Å². The van der Waals surface area contributed by atoms with Gasteiger partial charge in [0.15, 0.2) is 0 Å². The molecule has 4 nitrogen and oxygen atoms in total. The second kappa shape index (κ2) is 5.30. The minimum Gasteiger partial charge on any atom is -0.329 e. The van der Waals surface area contributed by atoms with Crippen LogP contribution in [0, 0.1) is 16.7 Å². The van der Waals surface area contributed by atoms with Crippen LogP contribution in [0.4, 0.5) is 5.69 Å². The van der Waals surface area contributed by atoms with Crippen molar-refractivity contribution in [2.75, 3.05) is 11.9 Å². The number of rotatable bonds is 3. The first-order valence-corrected chi connectivity index (χ1v) is 5.91. The van der Waals surface area contributed by atoms with E-state index in [4.69, 9.17) is 11.0 Å². The van der Waals surface area contributed by atoms with Crippen LogP contribution in [0.2, 0.25) is 0 Å². The van der Waals surface area contributed by atoms with Gasteiger partial charge in [0.05, 0.1) is 16.7 Å². The number of nitrogens with two attached hydrogens (primary N) is 1. The first-order chi connectivity index (χ1) is 7.90. The topological polar surface area (TPSA) is 78.9 Å². The molecule has 0 spiro atoms. The molecule has 0 bridgehead atoms. The third-order valence-corrected chi connectivity index (χ3v) is 2.97. The van der Waals surface area contributed by atoms with E-state index in [1.807, 2.05) is 6.07 Å². The van der Waals surface area contributed by atoms with Gasteiger partial charge in [0.1, 0.15) is 6.07 Å². The highest BCUT2D eigenvalue weighted by molar-refractivity contribution is 9.10. The number of carbonyl (C=O) groups excluding carboxylic acids is 1. The predicted octanol–water partition coefficient (Wildman–Crippen LogP) is 2.24. The van der Waals surface area contributed by atoms with Crippen LogP contribution in [0.15, 0.2) is 22.7 Å². The van der Waals surface area contributed by atoms with Crippen LogP contribution in [0.3, 0.4) is 0 Å². The number of nitriles is 1. The molecular weight excluding hydrogens is 282 g/mol. The average Bonchev–Trinajstić information content (AvgIpc) is 2.31. The van der Waals surface area contributed by atoms with E-state index >= 15 is 0 Å². The second-order valence-corrected chi connectivity index (χ2v) is 5.26. The summed E-state index contributed by atoms with van der Waals surface area (Å²) >= 11 is 3.27. The normalized spacial score (nSPS) is 10.8. The fourth-order valence-electron chi connectivity index (χ4n) is 1.10. The van der Waals surface area contributed by atoms with Gasteiger partial charge in [0.25, 0.3) is 0 Å². The molecule has 0 saturated heterocycles. The minimum absolute atomic E-state index is 0.196. The molecule has 1 rings (SSSR count). The molecule has 0 heterocycles. The van der Waals surface area contributed by atoms with Gasteiger partial charge in [-0.3, -0.25) is 4.79 Å². The Morgan fingerprint density at radius 3 is 2.76 bits per heavy atom. The van der Waals surface area contributed by atoms with Crippen molar-refractivity contribution in [1.82, 2.24) is 0 Å². The third-order valence-electron chi connectivity index (χ3n) is 2.48. The van der Waals surface area contributed by atoms with Crippen LogP contribution in [0.1, 0.15) is 19.4 Å². The number of carbonyl (C=O) groups is 1. The lowest BCUT2D eigenvalue weighted by Gasteiger charge is -2.21. The van der Waals surface area contributed by atoms with Gasteiger partial charge in [-0.05, 0) is 32.0 Å². The maximum Gasteiger partial charge on any atom is 0.231 e. The molecule has 1 aromatic rings. The zero-order valence-electron chi connectivity index (χ0n) is 9.75. The highest BCUT2D eigenvalue weighted by Gasteiger charge is 2.26. The molecule has 0 radical (unpaired) electrons. The van der Waals surface area contributed by atoms with Gasteiger partial charge in [0, 0.05) is 11.0 Å². The van der Waals surface area contributed by atoms with Gasteiger partial charge in [-0.2, -0.15) is 5.26 Å². The summed E-state index contributed by atoms with van der Waals surface area (Å²) in [5.41, 5.74) is 5.79. The summed E-state index contributed by atoms with van der Waals surface area (Å²) in [6.45, 7) is 3.76. The minimum atomic E-state index is -0.653. The maximum atomic E-state index is 11.9. The van der Waals surface area contributed by atoms with Crippen molar-refractivity contribution >= 4 is 27.5 Å². The number of benzene rings is 1. The molecule has 0 atom stereocenters. The summed E-state index contributed by atoms with van der Waals surface area (Å²) in [4.78, 5) is 11.9. The highest BCUT2D eigenvalue weighted by Crippen LogP contribution is 2.23. The number of hydrogen-bond donors (Lipinski definition) is 2. The van der Waals surface area contributed by atoms with Crippen molar-refractivity contribution in [1.29, 1.82) is 5.26 Å². The molecule has 90 valence electrons. The van der Waals surface area contributed by atoms with Crippen LogP contribution < -0.4 is 11.1 Å². The number of amides is 1. The summed E-state index contributed by atoms with van der Waals surface area (Å²) in [5.74, 6) is -0.196. The van der Waals surface area contributed by atoms with Crippen molar-refractivity contribution < 1.29 is 4.79 Å². The van der Waals surface area contributed by atoms with Crippen molar-refractivity contribution in [3.8, 4) is 6.07 Å². The quantitative estimate of drug-likeness (QED) is 0.897. The number of hydrogen-bond acceptors (Lipinski definition) is 3. The summed E-state index contributed by atoms with van der Waals surface area (Å²) in [6, 6.07) is 7.15. The first-order valence-electron chi connectivity index (χ1n) is 5.12. The standard InChI is InChI=1S/C12H14BrN3O/c1-12(2,7-15)11(17)16-10-4-3-9(13)5-8(10)6-14/h3-5H,7,15H2,1-2H3,(H,16,17). The molecule has 0 aliphatic heterocycles. The van der Waals surface area contributed by atoms with E-state index in [2.05, 4.69) is 21.2 Å². The van der Waals surface area contributed by atoms with Crippen molar-refractivity contribution in [3.05, 3.63) is 28.2 Å². The number of nitrogens with zero attached hydrogens (tertiary/aromatic N) is 1. The van der Waals surface area contributed by atoms with E-state index < -0.39 is 5.41 Å².